The fraction of sp³-hybridized carbons (Fsp3) is 0.455. The molecule has 4 heteroatoms. The highest BCUT2D eigenvalue weighted by molar-refractivity contribution is 5.77. The summed E-state index contributed by atoms with van der Waals surface area (Å²) in [4.78, 5) is 15.5. The molecular weight excluding hydrogens is 190 g/mol. The first-order valence-electron chi connectivity index (χ1n) is 5.12. The standard InChI is InChI=1S/C11H17N3O/c1-3-12-8-11(15)14-7-10-9(2)5-4-6-13-10/h4-6,12H,3,7-8H2,1-2H3,(H,14,15). The molecule has 0 bridgehead atoms. The Kier molecular flexibility index (Phi) is 4.77. The fourth-order valence-corrected chi connectivity index (χ4v) is 1.19. The lowest BCUT2D eigenvalue weighted by Gasteiger charge is -2.06. The molecule has 0 aliphatic rings. The fourth-order valence-electron chi connectivity index (χ4n) is 1.19. The summed E-state index contributed by atoms with van der Waals surface area (Å²) < 4.78 is 0. The van der Waals surface area contributed by atoms with Gasteiger partial charge in [-0.3, -0.25) is 9.78 Å². The quantitative estimate of drug-likeness (QED) is 0.744. The number of nitrogens with one attached hydrogen (secondary N) is 2. The summed E-state index contributed by atoms with van der Waals surface area (Å²) in [6, 6.07) is 3.87. The number of aryl methyl sites for hydroxylation is 1. The molecule has 0 unspecified atom stereocenters. The molecule has 82 valence electrons. The van der Waals surface area contributed by atoms with Crippen LogP contribution in [0.15, 0.2) is 18.3 Å². The minimum Gasteiger partial charge on any atom is -0.349 e. The Morgan fingerprint density at radius 2 is 2.33 bits per heavy atom. The van der Waals surface area contributed by atoms with Gasteiger partial charge in [-0.25, -0.2) is 0 Å². The molecule has 0 spiro atoms. The van der Waals surface area contributed by atoms with E-state index in [-0.39, 0.29) is 5.91 Å². The molecule has 2 N–H and O–H groups in total. The highest BCUT2D eigenvalue weighted by atomic mass is 16.1. The Morgan fingerprint density at radius 3 is 3.00 bits per heavy atom. The van der Waals surface area contributed by atoms with Gasteiger partial charge in [-0.15, -0.1) is 0 Å². The monoisotopic (exact) mass is 207 g/mol. The lowest BCUT2D eigenvalue weighted by molar-refractivity contribution is -0.120. The van der Waals surface area contributed by atoms with Crippen LogP contribution in [0.4, 0.5) is 0 Å². The molecule has 1 amide bonds. The van der Waals surface area contributed by atoms with E-state index in [1.54, 1.807) is 6.20 Å². The second-order valence-electron chi connectivity index (χ2n) is 3.32. The first-order chi connectivity index (χ1) is 7.24. The molecule has 0 atom stereocenters. The zero-order valence-corrected chi connectivity index (χ0v) is 9.21. The van der Waals surface area contributed by atoms with Gasteiger partial charge in [0.15, 0.2) is 0 Å². The van der Waals surface area contributed by atoms with Gasteiger partial charge in [-0.2, -0.15) is 0 Å². The molecule has 1 rings (SSSR count). The van der Waals surface area contributed by atoms with E-state index >= 15 is 0 Å². The number of nitrogens with zero attached hydrogens (tertiary/aromatic N) is 1. The molecule has 15 heavy (non-hydrogen) atoms. The molecule has 4 nitrogen and oxygen atoms in total. The van der Waals surface area contributed by atoms with Crippen LogP contribution in [0.25, 0.3) is 0 Å². The third-order valence-electron chi connectivity index (χ3n) is 2.11. The molecule has 1 heterocycles. The zero-order chi connectivity index (χ0) is 11.1. The van der Waals surface area contributed by atoms with Gasteiger partial charge in [-0.1, -0.05) is 13.0 Å². The minimum absolute atomic E-state index is 0.00176. The molecule has 0 saturated heterocycles. The van der Waals surface area contributed by atoms with E-state index in [9.17, 15) is 4.79 Å². The summed E-state index contributed by atoms with van der Waals surface area (Å²) in [5.74, 6) is 0.00176. The number of carbonyl (C=O) groups is 1. The first kappa shape index (κ1) is 11.7. The SMILES string of the molecule is CCNCC(=O)NCc1ncccc1C. The zero-order valence-electron chi connectivity index (χ0n) is 9.21. The van der Waals surface area contributed by atoms with Crippen LogP contribution < -0.4 is 10.6 Å². The van der Waals surface area contributed by atoms with Crippen LogP contribution in [-0.4, -0.2) is 24.0 Å². The highest BCUT2D eigenvalue weighted by Crippen LogP contribution is 2.01. The van der Waals surface area contributed by atoms with Crippen molar-refractivity contribution in [1.82, 2.24) is 15.6 Å². The van der Waals surface area contributed by atoms with Crippen LogP contribution in [0, 0.1) is 6.92 Å². The smallest absolute Gasteiger partial charge is 0.234 e. The van der Waals surface area contributed by atoms with Crippen molar-refractivity contribution in [2.75, 3.05) is 13.1 Å². The van der Waals surface area contributed by atoms with Crippen LogP contribution in [0.2, 0.25) is 0 Å². The lowest BCUT2D eigenvalue weighted by Crippen LogP contribution is -2.33. The topological polar surface area (TPSA) is 54.0 Å². The van der Waals surface area contributed by atoms with Gasteiger partial charge in [0, 0.05) is 6.20 Å². The van der Waals surface area contributed by atoms with Crippen molar-refractivity contribution in [2.24, 2.45) is 0 Å². The number of aromatic nitrogens is 1. The minimum atomic E-state index is 0.00176. The number of likely N-dealkylation sites (N-methyl/N-ethyl adjacent to an activating group) is 1. The molecule has 1 aromatic heterocycles. The van der Waals surface area contributed by atoms with Crippen molar-refractivity contribution < 1.29 is 4.79 Å². The molecule has 0 fully saturated rings. The van der Waals surface area contributed by atoms with Crippen LogP contribution >= 0.6 is 0 Å². The van der Waals surface area contributed by atoms with Gasteiger partial charge in [-0.05, 0) is 25.1 Å². The van der Waals surface area contributed by atoms with Crippen LogP contribution in [0.5, 0.6) is 0 Å². The van der Waals surface area contributed by atoms with Crippen molar-refractivity contribution in [3.63, 3.8) is 0 Å². The maximum Gasteiger partial charge on any atom is 0.234 e. The van der Waals surface area contributed by atoms with E-state index in [1.807, 2.05) is 26.0 Å². The summed E-state index contributed by atoms with van der Waals surface area (Å²) in [6.07, 6.45) is 1.73. The van der Waals surface area contributed by atoms with E-state index < -0.39 is 0 Å². The summed E-state index contributed by atoms with van der Waals surface area (Å²) >= 11 is 0. The number of carbonyl (C=O) groups excluding carboxylic acids is 1. The van der Waals surface area contributed by atoms with Gasteiger partial charge < -0.3 is 10.6 Å². The number of hydrogen-bond acceptors (Lipinski definition) is 3. The lowest BCUT2D eigenvalue weighted by atomic mass is 10.2. The third kappa shape index (κ3) is 4.08. The Balaban J connectivity index is 2.37. The van der Waals surface area contributed by atoms with E-state index in [4.69, 9.17) is 0 Å². The molecule has 0 radical (unpaired) electrons. The Hall–Kier alpha value is -1.42. The van der Waals surface area contributed by atoms with Crippen LogP contribution in [0.1, 0.15) is 18.2 Å². The van der Waals surface area contributed by atoms with Crippen LogP contribution in [-0.2, 0) is 11.3 Å². The third-order valence-corrected chi connectivity index (χ3v) is 2.11. The van der Waals surface area contributed by atoms with E-state index in [1.165, 1.54) is 0 Å². The van der Waals surface area contributed by atoms with E-state index in [0.29, 0.717) is 13.1 Å². The largest absolute Gasteiger partial charge is 0.349 e. The predicted molar refractivity (Wildman–Crippen MR) is 59.4 cm³/mol. The number of rotatable bonds is 5. The predicted octanol–water partition coefficient (Wildman–Crippen LogP) is 0.616. The average molecular weight is 207 g/mol. The summed E-state index contributed by atoms with van der Waals surface area (Å²) in [5, 5.41) is 5.78. The second-order valence-corrected chi connectivity index (χ2v) is 3.32. The van der Waals surface area contributed by atoms with Gasteiger partial charge >= 0.3 is 0 Å². The van der Waals surface area contributed by atoms with E-state index in [2.05, 4.69) is 15.6 Å². The van der Waals surface area contributed by atoms with Gasteiger partial charge in [0.2, 0.25) is 5.91 Å². The van der Waals surface area contributed by atoms with Gasteiger partial charge in [0.25, 0.3) is 0 Å². The normalized spacial score (nSPS) is 10.0. The van der Waals surface area contributed by atoms with Crippen molar-refractivity contribution in [2.45, 2.75) is 20.4 Å². The molecular formula is C11H17N3O. The van der Waals surface area contributed by atoms with Gasteiger partial charge in [0.1, 0.15) is 0 Å². The maximum atomic E-state index is 11.3. The van der Waals surface area contributed by atoms with Crippen molar-refractivity contribution in [1.29, 1.82) is 0 Å². The van der Waals surface area contributed by atoms with Crippen molar-refractivity contribution in [3.8, 4) is 0 Å². The first-order valence-corrected chi connectivity index (χ1v) is 5.12. The molecule has 0 saturated carbocycles. The Morgan fingerprint density at radius 1 is 1.53 bits per heavy atom. The highest BCUT2D eigenvalue weighted by Gasteiger charge is 2.02. The molecule has 0 aromatic carbocycles. The van der Waals surface area contributed by atoms with E-state index in [0.717, 1.165) is 17.8 Å². The van der Waals surface area contributed by atoms with Crippen LogP contribution in [0.3, 0.4) is 0 Å². The number of amides is 1. The summed E-state index contributed by atoms with van der Waals surface area (Å²) in [5.41, 5.74) is 2.02. The summed E-state index contributed by atoms with van der Waals surface area (Å²) in [7, 11) is 0. The molecule has 1 aromatic rings. The number of hydrogen-bond donors (Lipinski definition) is 2. The Bertz CT molecular complexity index is 325. The summed E-state index contributed by atoms with van der Waals surface area (Å²) in [6.45, 7) is 5.62. The van der Waals surface area contributed by atoms with Crippen molar-refractivity contribution >= 4 is 5.91 Å². The number of pyridine rings is 1. The average Bonchev–Trinajstić information content (AvgIpc) is 2.25. The Labute approximate surface area is 90.1 Å². The van der Waals surface area contributed by atoms with Crippen molar-refractivity contribution in [3.05, 3.63) is 29.6 Å². The molecule has 0 aliphatic heterocycles. The molecule has 0 aliphatic carbocycles. The van der Waals surface area contributed by atoms with Gasteiger partial charge in [0.05, 0.1) is 18.8 Å². The second kappa shape index (κ2) is 6.14. The maximum absolute atomic E-state index is 11.3.